The van der Waals surface area contributed by atoms with E-state index in [-0.39, 0.29) is 24.9 Å². The quantitative estimate of drug-likeness (QED) is 0.840. The maximum Gasteiger partial charge on any atom is 0.303 e. The number of aliphatic carboxylic acids is 1. The van der Waals surface area contributed by atoms with Gasteiger partial charge in [-0.1, -0.05) is 32.0 Å². The van der Waals surface area contributed by atoms with Crippen LogP contribution in [-0.4, -0.2) is 29.6 Å². The van der Waals surface area contributed by atoms with Gasteiger partial charge in [-0.15, -0.1) is 0 Å². The summed E-state index contributed by atoms with van der Waals surface area (Å²) in [7, 11) is 0. The summed E-state index contributed by atoms with van der Waals surface area (Å²) in [4.78, 5) is 22.6. The summed E-state index contributed by atoms with van der Waals surface area (Å²) in [6, 6.07) is 7.84. The van der Waals surface area contributed by atoms with Crippen molar-refractivity contribution in [2.24, 2.45) is 5.41 Å². The Morgan fingerprint density at radius 1 is 1.33 bits per heavy atom. The first-order valence-electron chi connectivity index (χ1n) is 7.09. The summed E-state index contributed by atoms with van der Waals surface area (Å²) in [6.07, 6.45) is 0.911. The number of fused-ring (bicyclic) bond motifs is 1. The zero-order valence-corrected chi connectivity index (χ0v) is 12.4. The molecule has 1 aromatic carbocycles. The zero-order valence-electron chi connectivity index (χ0n) is 12.4. The third kappa shape index (κ3) is 4.48. The van der Waals surface area contributed by atoms with Crippen molar-refractivity contribution in [1.29, 1.82) is 0 Å². The Balaban J connectivity index is 1.77. The molecule has 1 unspecified atom stereocenters. The van der Waals surface area contributed by atoms with Crippen LogP contribution < -0.4 is 10.1 Å². The lowest BCUT2D eigenvalue weighted by atomic mass is 9.85. The average Bonchev–Trinajstić information content (AvgIpc) is 2.76. The van der Waals surface area contributed by atoms with Crippen LogP contribution in [0.25, 0.3) is 0 Å². The molecule has 0 saturated carbocycles. The van der Waals surface area contributed by atoms with E-state index in [9.17, 15) is 9.59 Å². The third-order valence-corrected chi connectivity index (χ3v) is 3.51. The topological polar surface area (TPSA) is 75.6 Å². The number of carboxylic acid groups (broad SMARTS) is 1. The molecule has 0 bridgehead atoms. The Bertz CT molecular complexity index is 514. The van der Waals surface area contributed by atoms with E-state index in [0.717, 1.165) is 17.7 Å². The normalized spacial score (nSPS) is 17.0. The van der Waals surface area contributed by atoms with Gasteiger partial charge in [0, 0.05) is 12.8 Å². The summed E-state index contributed by atoms with van der Waals surface area (Å²) in [5.74, 6) is -0.147. The monoisotopic (exact) mass is 291 g/mol. The summed E-state index contributed by atoms with van der Waals surface area (Å²) in [5.41, 5.74) is 0.609. The Labute approximate surface area is 124 Å². The van der Waals surface area contributed by atoms with Crippen molar-refractivity contribution in [1.82, 2.24) is 5.32 Å². The number of carbonyl (C=O) groups is 2. The predicted molar refractivity (Wildman–Crippen MR) is 78.2 cm³/mol. The van der Waals surface area contributed by atoms with E-state index in [4.69, 9.17) is 9.84 Å². The molecule has 0 spiro atoms. The molecule has 5 heteroatoms. The number of rotatable bonds is 6. The number of para-hydroxylation sites is 1. The predicted octanol–water partition coefficient (Wildman–Crippen LogP) is 2.00. The molecule has 21 heavy (non-hydrogen) atoms. The molecule has 0 fully saturated rings. The number of hydrogen-bond donors (Lipinski definition) is 2. The second-order valence-corrected chi connectivity index (χ2v) is 6.27. The molecule has 0 aliphatic carbocycles. The van der Waals surface area contributed by atoms with Crippen molar-refractivity contribution in [2.75, 3.05) is 6.54 Å². The minimum absolute atomic E-state index is 0.0220. The van der Waals surface area contributed by atoms with Crippen molar-refractivity contribution in [2.45, 2.75) is 39.2 Å². The number of nitrogens with one attached hydrogen (secondary N) is 1. The highest BCUT2D eigenvalue weighted by Gasteiger charge is 2.27. The van der Waals surface area contributed by atoms with Crippen LogP contribution in [-0.2, 0) is 16.0 Å². The lowest BCUT2D eigenvalue weighted by Gasteiger charge is -2.22. The fourth-order valence-electron chi connectivity index (χ4n) is 2.56. The van der Waals surface area contributed by atoms with Gasteiger partial charge in [-0.05, 0) is 17.0 Å². The van der Waals surface area contributed by atoms with E-state index in [0.29, 0.717) is 6.54 Å². The molecular formula is C16H21NO4. The van der Waals surface area contributed by atoms with Crippen LogP contribution in [0.15, 0.2) is 24.3 Å². The van der Waals surface area contributed by atoms with Gasteiger partial charge < -0.3 is 15.2 Å². The van der Waals surface area contributed by atoms with E-state index in [1.54, 1.807) is 13.8 Å². The zero-order chi connectivity index (χ0) is 15.5. The van der Waals surface area contributed by atoms with Crippen molar-refractivity contribution in [3.8, 4) is 5.75 Å². The van der Waals surface area contributed by atoms with E-state index < -0.39 is 11.4 Å². The highest BCUT2D eigenvalue weighted by molar-refractivity contribution is 5.77. The fourth-order valence-corrected chi connectivity index (χ4v) is 2.56. The first kappa shape index (κ1) is 15.4. The van der Waals surface area contributed by atoms with Crippen LogP contribution in [0.3, 0.4) is 0 Å². The Morgan fingerprint density at radius 3 is 2.71 bits per heavy atom. The largest absolute Gasteiger partial charge is 0.488 e. The van der Waals surface area contributed by atoms with Gasteiger partial charge in [0.15, 0.2) is 0 Å². The maximum atomic E-state index is 11.9. The summed E-state index contributed by atoms with van der Waals surface area (Å²) < 4.78 is 5.74. The molecular weight excluding hydrogens is 270 g/mol. The molecule has 1 heterocycles. The average molecular weight is 291 g/mol. The van der Waals surface area contributed by atoms with Gasteiger partial charge in [-0.3, -0.25) is 9.59 Å². The number of benzene rings is 1. The SMILES string of the molecule is CC(C)(CC(=O)O)CC(=O)NCC1Cc2ccccc2O1. The van der Waals surface area contributed by atoms with Gasteiger partial charge in [0.1, 0.15) is 11.9 Å². The number of amides is 1. The molecule has 1 amide bonds. The highest BCUT2D eigenvalue weighted by atomic mass is 16.5. The van der Waals surface area contributed by atoms with Crippen molar-refractivity contribution in [3.63, 3.8) is 0 Å². The highest BCUT2D eigenvalue weighted by Crippen LogP contribution is 2.28. The second kappa shape index (κ2) is 6.16. The third-order valence-electron chi connectivity index (χ3n) is 3.51. The minimum Gasteiger partial charge on any atom is -0.488 e. The molecule has 2 N–H and O–H groups in total. The molecule has 1 aliphatic rings. The first-order valence-corrected chi connectivity index (χ1v) is 7.09. The van der Waals surface area contributed by atoms with Gasteiger partial charge in [0.05, 0.1) is 13.0 Å². The molecule has 1 atom stereocenters. The molecule has 0 radical (unpaired) electrons. The van der Waals surface area contributed by atoms with Gasteiger partial charge >= 0.3 is 5.97 Å². The van der Waals surface area contributed by atoms with Crippen LogP contribution in [0.2, 0.25) is 0 Å². The van der Waals surface area contributed by atoms with Gasteiger partial charge in [0.25, 0.3) is 0 Å². The lowest BCUT2D eigenvalue weighted by molar-refractivity contribution is -0.139. The minimum atomic E-state index is -0.887. The maximum absolute atomic E-state index is 11.9. The van der Waals surface area contributed by atoms with Gasteiger partial charge in [0.2, 0.25) is 5.91 Å². The summed E-state index contributed by atoms with van der Waals surface area (Å²) in [6.45, 7) is 4.00. The van der Waals surface area contributed by atoms with Gasteiger partial charge in [-0.2, -0.15) is 0 Å². The van der Waals surface area contributed by atoms with E-state index in [1.807, 2.05) is 24.3 Å². The standard InChI is InChI=1S/C16H21NO4/c1-16(2,9-15(19)20)8-14(18)17-10-12-7-11-5-3-4-6-13(11)21-12/h3-6,12H,7-10H2,1-2H3,(H,17,18)(H,19,20). The number of carbonyl (C=O) groups excluding carboxylic acids is 1. The summed E-state index contributed by atoms with van der Waals surface area (Å²) in [5, 5.41) is 11.6. The van der Waals surface area contributed by atoms with Crippen molar-refractivity contribution in [3.05, 3.63) is 29.8 Å². The van der Waals surface area contributed by atoms with E-state index in [2.05, 4.69) is 5.32 Å². The molecule has 0 saturated heterocycles. The molecule has 0 aromatic heterocycles. The van der Waals surface area contributed by atoms with Crippen LogP contribution in [0, 0.1) is 5.41 Å². The molecule has 114 valence electrons. The van der Waals surface area contributed by atoms with Crippen molar-refractivity contribution < 1.29 is 19.4 Å². The second-order valence-electron chi connectivity index (χ2n) is 6.27. The smallest absolute Gasteiger partial charge is 0.303 e. The van der Waals surface area contributed by atoms with Crippen LogP contribution in [0.4, 0.5) is 0 Å². The van der Waals surface area contributed by atoms with Gasteiger partial charge in [-0.25, -0.2) is 0 Å². The molecule has 2 rings (SSSR count). The van der Waals surface area contributed by atoms with Crippen LogP contribution >= 0.6 is 0 Å². The van der Waals surface area contributed by atoms with Crippen LogP contribution in [0.1, 0.15) is 32.3 Å². The molecule has 5 nitrogen and oxygen atoms in total. The number of ether oxygens (including phenoxy) is 1. The molecule has 1 aromatic rings. The number of carboxylic acids is 1. The Hall–Kier alpha value is -2.04. The lowest BCUT2D eigenvalue weighted by Crippen LogP contribution is -2.36. The number of hydrogen-bond acceptors (Lipinski definition) is 3. The first-order chi connectivity index (χ1) is 9.85. The van der Waals surface area contributed by atoms with E-state index in [1.165, 1.54) is 0 Å². The molecule has 1 aliphatic heterocycles. The van der Waals surface area contributed by atoms with E-state index >= 15 is 0 Å². The summed E-state index contributed by atoms with van der Waals surface area (Å²) >= 11 is 0. The Morgan fingerprint density at radius 2 is 2.05 bits per heavy atom. The Kier molecular flexibility index (Phi) is 4.50. The van der Waals surface area contributed by atoms with Crippen LogP contribution in [0.5, 0.6) is 5.75 Å². The van der Waals surface area contributed by atoms with Crippen molar-refractivity contribution >= 4 is 11.9 Å². The fraction of sp³-hybridized carbons (Fsp3) is 0.500.